The third-order valence-electron chi connectivity index (χ3n) is 2.19. The predicted molar refractivity (Wildman–Crippen MR) is 62.8 cm³/mol. The molecule has 0 aliphatic rings. The number of aromatic amines is 1. The number of H-pyrrole nitrogens is 1. The number of nitro benzene ring substituents is 1. The first-order valence-corrected chi connectivity index (χ1v) is 4.81. The van der Waals surface area contributed by atoms with Gasteiger partial charge in [-0.05, 0) is 29.3 Å². The number of hydrogen-bond donors (Lipinski definition) is 1. The summed E-state index contributed by atoms with van der Waals surface area (Å²) >= 11 is 0. The van der Waals surface area contributed by atoms with Gasteiger partial charge in [0.05, 0.1) is 4.92 Å². The van der Waals surface area contributed by atoms with Crippen LogP contribution < -0.4 is 0 Å². The number of nitrogens with zero attached hydrogens (tertiary/aromatic N) is 1. The van der Waals surface area contributed by atoms with E-state index in [1.54, 1.807) is 12.1 Å². The molecule has 1 aromatic carbocycles. The van der Waals surface area contributed by atoms with Crippen LogP contribution in [0.1, 0.15) is 11.1 Å². The fourth-order valence-corrected chi connectivity index (χ4v) is 1.34. The summed E-state index contributed by atoms with van der Waals surface area (Å²) in [6.07, 6.45) is 7.57. The average molecular weight is 214 g/mol. The maximum absolute atomic E-state index is 10.4. The van der Waals surface area contributed by atoms with E-state index in [1.165, 1.54) is 12.1 Å². The van der Waals surface area contributed by atoms with Crippen molar-refractivity contribution in [3.63, 3.8) is 0 Å². The highest BCUT2D eigenvalue weighted by atomic mass is 16.6. The van der Waals surface area contributed by atoms with E-state index < -0.39 is 4.92 Å². The van der Waals surface area contributed by atoms with Gasteiger partial charge in [-0.2, -0.15) is 0 Å². The number of nitro groups is 1. The van der Waals surface area contributed by atoms with Crippen LogP contribution in [0, 0.1) is 10.1 Å². The van der Waals surface area contributed by atoms with Crippen LogP contribution in [0.2, 0.25) is 0 Å². The van der Waals surface area contributed by atoms with Crippen molar-refractivity contribution in [3.8, 4) is 0 Å². The Bertz CT molecular complexity index is 498. The van der Waals surface area contributed by atoms with Gasteiger partial charge in [-0.15, -0.1) is 0 Å². The molecule has 1 N–H and O–H groups in total. The van der Waals surface area contributed by atoms with Crippen molar-refractivity contribution in [2.45, 2.75) is 0 Å². The lowest BCUT2D eigenvalue weighted by Crippen LogP contribution is -1.86. The number of rotatable bonds is 3. The molecule has 0 unspecified atom stereocenters. The fourth-order valence-electron chi connectivity index (χ4n) is 1.34. The van der Waals surface area contributed by atoms with Crippen LogP contribution in [0.5, 0.6) is 0 Å². The van der Waals surface area contributed by atoms with Crippen molar-refractivity contribution in [1.82, 2.24) is 4.98 Å². The SMILES string of the molecule is O=[N+]([O-])c1ccc(C=Cc2cc[nH]c2)cc1. The van der Waals surface area contributed by atoms with Crippen LogP contribution >= 0.6 is 0 Å². The van der Waals surface area contributed by atoms with Crippen LogP contribution in [-0.4, -0.2) is 9.91 Å². The van der Waals surface area contributed by atoms with Gasteiger partial charge in [0.2, 0.25) is 0 Å². The van der Waals surface area contributed by atoms with Crippen molar-refractivity contribution < 1.29 is 4.92 Å². The van der Waals surface area contributed by atoms with Crippen LogP contribution in [0.3, 0.4) is 0 Å². The second-order valence-electron chi connectivity index (χ2n) is 3.33. The minimum atomic E-state index is -0.403. The minimum absolute atomic E-state index is 0.110. The first-order chi connectivity index (χ1) is 7.75. The molecule has 4 heteroatoms. The van der Waals surface area contributed by atoms with Gasteiger partial charge in [0.25, 0.3) is 5.69 Å². The maximum atomic E-state index is 10.4. The Labute approximate surface area is 92.4 Å². The van der Waals surface area contributed by atoms with Crippen molar-refractivity contribution >= 4 is 17.8 Å². The van der Waals surface area contributed by atoms with Crippen molar-refractivity contribution in [2.24, 2.45) is 0 Å². The molecule has 0 atom stereocenters. The molecule has 0 aliphatic heterocycles. The standard InChI is InChI=1S/C12H10N2O2/c15-14(16)12-5-3-10(4-6-12)1-2-11-7-8-13-9-11/h1-9,13H. The number of benzene rings is 1. The molecule has 0 amide bonds. The number of non-ortho nitro benzene ring substituents is 1. The van der Waals surface area contributed by atoms with Crippen molar-refractivity contribution in [1.29, 1.82) is 0 Å². The normalized spacial score (nSPS) is 10.8. The Morgan fingerprint density at radius 3 is 2.31 bits per heavy atom. The molecule has 1 heterocycles. The summed E-state index contributed by atoms with van der Waals surface area (Å²) in [7, 11) is 0. The van der Waals surface area contributed by atoms with Crippen LogP contribution in [0.15, 0.2) is 42.7 Å². The van der Waals surface area contributed by atoms with Gasteiger partial charge >= 0.3 is 0 Å². The maximum Gasteiger partial charge on any atom is 0.269 e. The Balaban J connectivity index is 2.14. The summed E-state index contributed by atoms with van der Waals surface area (Å²) in [5.41, 5.74) is 2.11. The molecule has 0 saturated carbocycles. The Morgan fingerprint density at radius 1 is 1.06 bits per heavy atom. The number of aromatic nitrogens is 1. The van der Waals surface area contributed by atoms with E-state index in [4.69, 9.17) is 0 Å². The lowest BCUT2D eigenvalue weighted by molar-refractivity contribution is -0.384. The monoisotopic (exact) mass is 214 g/mol. The Kier molecular flexibility index (Phi) is 2.82. The fraction of sp³-hybridized carbons (Fsp3) is 0. The molecule has 0 saturated heterocycles. The summed E-state index contributed by atoms with van der Waals surface area (Å²) in [6.45, 7) is 0. The molecule has 0 bridgehead atoms. The molecule has 80 valence electrons. The van der Waals surface area contributed by atoms with Crippen LogP contribution in [0.25, 0.3) is 12.2 Å². The first kappa shape index (κ1) is 10.2. The molecule has 0 radical (unpaired) electrons. The molecule has 2 rings (SSSR count). The van der Waals surface area contributed by atoms with Gasteiger partial charge < -0.3 is 4.98 Å². The van der Waals surface area contributed by atoms with Crippen LogP contribution in [-0.2, 0) is 0 Å². The van der Waals surface area contributed by atoms with E-state index in [0.717, 1.165) is 11.1 Å². The molecule has 16 heavy (non-hydrogen) atoms. The van der Waals surface area contributed by atoms with Gasteiger partial charge in [-0.1, -0.05) is 12.2 Å². The molecule has 2 aromatic rings. The van der Waals surface area contributed by atoms with E-state index in [-0.39, 0.29) is 5.69 Å². The average Bonchev–Trinajstić information content (AvgIpc) is 2.80. The van der Waals surface area contributed by atoms with E-state index in [9.17, 15) is 10.1 Å². The summed E-state index contributed by atoms with van der Waals surface area (Å²) in [5.74, 6) is 0. The smallest absolute Gasteiger partial charge is 0.269 e. The third kappa shape index (κ3) is 2.36. The zero-order valence-corrected chi connectivity index (χ0v) is 8.46. The largest absolute Gasteiger partial charge is 0.367 e. The van der Waals surface area contributed by atoms with E-state index in [1.807, 2.05) is 30.6 Å². The first-order valence-electron chi connectivity index (χ1n) is 4.81. The highest BCUT2D eigenvalue weighted by Gasteiger charge is 2.01. The lowest BCUT2D eigenvalue weighted by Gasteiger charge is -1.93. The molecule has 1 aromatic heterocycles. The van der Waals surface area contributed by atoms with Gasteiger partial charge in [0.15, 0.2) is 0 Å². The second-order valence-corrected chi connectivity index (χ2v) is 3.33. The lowest BCUT2D eigenvalue weighted by atomic mass is 10.1. The highest BCUT2D eigenvalue weighted by Crippen LogP contribution is 2.14. The van der Waals surface area contributed by atoms with Gasteiger partial charge in [0.1, 0.15) is 0 Å². The van der Waals surface area contributed by atoms with Gasteiger partial charge in [-0.25, -0.2) is 0 Å². The Hall–Kier alpha value is -2.36. The van der Waals surface area contributed by atoms with Crippen molar-refractivity contribution in [2.75, 3.05) is 0 Å². The molecular weight excluding hydrogens is 204 g/mol. The zero-order valence-electron chi connectivity index (χ0n) is 8.46. The topological polar surface area (TPSA) is 58.9 Å². The molecule has 0 spiro atoms. The third-order valence-corrected chi connectivity index (χ3v) is 2.19. The zero-order chi connectivity index (χ0) is 11.4. The number of hydrogen-bond acceptors (Lipinski definition) is 2. The van der Waals surface area contributed by atoms with E-state index in [0.29, 0.717) is 0 Å². The Morgan fingerprint density at radius 2 is 1.75 bits per heavy atom. The summed E-state index contributed by atoms with van der Waals surface area (Å²) in [5, 5.41) is 10.4. The molecule has 0 aliphatic carbocycles. The number of nitrogens with one attached hydrogen (secondary N) is 1. The minimum Gasteiger partial charge on any atom is -0.367 e. The molecule has 0 fully saturated rings. The quantitative estimate of drug-likeness (QED) is 0.630. The van der Waals surface area contributed by atoms with E-state index in [2.05, 4.69) is 4.98 Å². The summed E-state index contributed by atoms with van der Waals surface area (Å²) < 4.78 is 0. The predicted octanol–water partition coefficient (Wildman–Crippen LogP) is 3.09. The highest BCUT2D eigenvalue weighted by molar-refractivity contribution is 5.69. The second kappa shape index (κ2) is 4.44. The van der Waals surface area contributed by atoms with Gasteiger partial charge in [0, 0.05) is 24.5 Å². The molecule has 4 nitrogen and oxygen atoms in total. The molecular formula is C12H10N2O2. The summed E-state index contributed by atoms with van der Waals surface area (Å²) in [4.78, 5) is 13.0. The summed E-state index contributed by atoms with van der Waals surface area (Å²) in [6, 6.07) is 8.39. The van der Waals surface area contributed by atoms with Crippen molar-refractivity contribution in [3.05, 3.63) is 64.0 Å². The van der Waals surface area contributed by atoms with Gasteiger partial charge in [-0.3, -0.25) is 10.1 Å². The van der Waals surface area contributed by atoms with E-state index >= 15 is 0 Å². The van der Waals surface area contributed by atoms with Crippen LogP contribution in [0.4, 0.5) is 5.69 Å².